The molecule has 0 aliphatic carbocycles. The van der Waals surface area contributed by atoms with E-state index < -0.39 is 6.10 Å². The Hall–Kier alpha value is -0.690. The third-order valence-corrected chi connectivity index (χ3v) is 3.35. The van der Waals surface area contributed by atoms with Crippen molar-refractivity contribution in [2.75, 3.05) is 33.5 Å². The first-order valence-corrected chi connectivity index (χ1v) is 7.64. The van der Waals surface area contributed by atoms with Crippen LogP contribution in [0.15, 0.2) is 0 Å². The number of carbonyl (C=O) groups is 1. The Morgan fingerprint density at radius 1 is 1.24 bits per heavy atom. The highest BCUT2D eigenvalue weighted by Crippen LogP contribution is 2.24. The lowest BCUT2D eigenvalue weighted by atomic mass is 9.99. The minimum absolute atomic E-state index is 0.228. The Morgan fingerprint density at radius 3 is 2.57 bits per heavy atom. The quantitative estimate of drug-likeness (QED) is 0.476. The van der Waals surface area contributed by atoms with E-state index in [1.54, 1.807) is 7.11 Å². The maximum Gasteiger partial charge on any atom is 0.303 e. The van der Waals surface area contributed by atoms with Crippen molar-refractivity contribution in [1.82, 2.24) is 0 Å². The van der Waals surface area contributed by atoms with Gasteiger partial charge in [-0.2, -0.15) is 0 Å². The van der Waals surface area contributed by atoms with Gasteiger partial charge in [-0.15, -0.1) is 0 Å². The second-order valence-corrected chi connectivity index (χ2v) is 5.08. The average Bonchev–Trinajstić information content (AvgIpc) is 2.44. The topological polar surface area (TPSA) is 63.2 Å². The van der Waals surface area contributed by atoms with Gasteiger partial charge in [0.2, 0.25) is 0 Å². The largest absolute Gasteiger partial charge is 0.457 e. The number of hydrogen-bond acceptors (Lipinski definition) is 6. The number of unbranched alkanes of at least 4 members (excludes halogenated alkanes) is 1. The monoisotopic (exact) mass is 304 g/mol. The van der Waals surface area contributed by atoms with E-state index in [1.165, 1.54) is 6.92 Å². The number of methoxy groups -OCH3 is 1. The number of carbonyl (C=O) groups excluding carboxylic acids is 1. The SMILES string of the molecule is CCCCO[C@H]1CO[C@H](COC)[C@@H](OC(C)=O)[C@@H]1OCC. The van der Waals surface area contributed by atoms with Crippen molar-refractivity contribution in [1.29, 1.82) is 0 Å². The van der Waals surface area contributed by atoms with E-state index in [0.29, 0.717) is 26.4 Å². The van der Waals surface area contributed by atoms with E-state index in [9.17, 15) is 4.79 Å². The molecule has 0 spiro atoms. The fraction of sp³-hybridized carbons (Fsp3) is 0.933. The van der Waals surface area contributed by atoms with Gasteiger partial charge in [-0.3, -0.25) is 4.79 Å². The average molecular weight is 304 g/mol. The van der Waals surface area contributed by atoms with Crippen LogP contribution in [0, 0.1) is 0 Å². The van der Waals surface area contributed by atoms with Gasteiger partial charge < -0.3 is 23.7 Å². The molecule has 6 nitrogen and oxygen atoms in total. The molecule has 1 saturated heterocycles. The highest BCUT2D eigenvalue weighted by molar-refractivity contribution is 5.66. The molecule has 6 heteroatoms. The van der Waals surface area contributed by atoms with E-state index in [0.717, 1.165) is 12.8 Å². The molecule has 1 rings (SSSR count). The summed E-state index contributed by atoms with van der Waals surface area (Å²) in [7, 11) is 1.59. The van der Waals surface area contributed by atoms with E-state index in [4.69, 9.17) is 23.7 Å². The maximum absolute atomic E-state index is 11.4. The molecule has 1 aliphatic heterocycles. The molecule has 124 valence electrons. The molecular formula is C15H28O6. The standard InChI is InChI=1S/C15H28O6/c1-5-7-8-19-13-10-20-12(9-17-4)15(21-11(3)16)14(13)18-6-2/h12-15H,5-10H2,1-4H3/t12-,13+,14-,15-/m1/s1. The summed E-state index contributed by atoms with van der Waals surface area (Å²) in [6.45, 7) is 7.34. The molecule has 0 aromatic rings. The van der Waals surface area contributed by atoms with Crippen LogP contribution < -0.4 is 0 Å². The van der Waals surface area contributed by atoms with Crippen molar-refractivity contribution >= 4 is 5.97 Å². The van der Waals surface area contributed by atoms with Gasteiger partial charge in [0.05, 0.1) is 13.2 Å². The van der Waals surface area contributed by atoms with E-state index in [-0.39, 0.29) is 24.3 Å². The fourth-order valence-electron chi connectivity index (χ4n) is 2.39. The van der Waals surface area contributed by atoms with E-state index >= 15 is 0 Å². The van der Waals surface area contributed by atoms with Crippen molar-refractivity contribution in [2.24, 2.45) is 0 Å². The van der Waals surface area contributed by atoms with E-state index in [2.05, 4.69) is 6.92 Å². The summed E-state index contributed by atoms with van der Waals surface area (Å²) in [5, 5.41) is 0. The number of hydrogen-bond donors (Lipinski definition) is 0. The van der Waals surface area contributed by atoms with Gasteiger partial charge >= 0.3 is 5.97 Å². The molecule has 0 saturated carbocycles. The highest BCUT2D eigenvalue weighted by Gasteiger charge is 2.44. The third-order valence-electron chi connectivity index (χ3n) is 3.35. The van der Waals surface area contributed by atoms with Crippen LogP contribution in [0.2, 0.25) is 0 Å². The molecule has 0 aromatic heterocycles. The molecule has 4 atom stereocenters. The van der Waals surface area contributed by atoms with Crippen molar-refractivity contribution in [3.8, 4) is 0 Å². The Bertz CT molecular complexity index is 296. The molecule has 1 fully saturated rings. The van der Waals surface area contributed by atoms with Gasteiger partial charge in [-0.1, -0.05) is 13.3 Å². The molecule has 0 aromatic carbocycles. The predicted molar refractivity (Wildman–Crippen MR) is 77.2 cm³/mol. The van der Waals surface area contributed by atoms with Crippen LogP contribution in [0.1, 0.15) is 33.6 Å². The molecule has 0 amide bonds. The zero-order chi connectivity index (χ0) is 15.7. The van der Waals surface area contributed by atoms with Gasteiger partial charge in [-0.05, 0) is 13.3 Å². The lowest BCUT2D eigenvalue weighted by molar-refractivity contribution is -0.233. The normalized spacial score (nSPS) is 29.3. The number of esters is 1. The van der Waals surface area contributed by atoms with Crippen LogP contribution in [0.3, 0.4) is 0 Å². The minimum Gasteiger partial charge on any atom is -0.457 e. The number of rotatable bonds is 9. The van der Waals surface area contributed by atoms with E-state index in [1.807, 2.05) is 6.92 Å². The summed E-state index contributed by atoms with van der Waals surface area (Å²) in [6, 6.07) is 0. The summed E-state index contributed by atoms with van der Waals surface area (Å²) in [5.41, 5.74) is 0. The van der Waals surface area contributed by atoms with Crippen LogP contribution in [0.25, 0.3) is 0 Å². The van der Waals surface area contributed by atoms with Crippen LogP contribution in [-0.2, 0) is 28.5 Å². The third kappa shape index (κ3) is 5.90. The Kier molecular flexibility index (Phi) is 8.84. The predicted octanol–water partition coefficient (Wildman–Crippen LogP) is 1.55. The van der Waals surface area contributed by atoms with Crippen molar-refractivity contribution in [3.63, 3.8) is 0 Å². The molecule has 1 aliphatic rings. The van der Waals surface area contributed by atoms with Gasteiger partial charge in [0.1, 0.15) is 18.3 Å². The Labute approximate surface area is 127 Å². The zero-order valence-electron chi connectivity index (χ0n) is 13.5. The highest BCUT2D eigenvalue weighted by atomic mass is 16.6. The maximum atomic E-state index is 11.4. The Balaban J connectivity index is 2.75. The molecule has 0 radical (unpaired) electrons. The van der Waals surface area contributed by atoms with Crippen LogP contribution >= 0.6 is 0 Å². The summed E-state index contributed by atoms with van der Waals surface area (Å²) in [5.74, 6) is -0.358. The lowest BCUT2D eigenvalue weighted by Crippen LogP contribution is -2.57. The minimum atomic E-state index is -0.511. The molecule has 21 heavy (non-hydrogen) atoms. The van der Waals surface area contributed by atoms with Gasteiger partial charge in [0.15, 0.2) is 6.10 Å². The molecular weight excluding hydrogens is 276 g/mol. The van der Waals surface area contributed by atoms with Crippen molar-refractivity contribution in [2.45, 2.75) is 58.0 Å². The first-order valence-electron chi connectivity index (χ1n) is 7.64. The molecule has 0 N–H and O–H groups in total. The summed E-state index contributed by atoms with van der Waals surface area (Å²) >= 11 is 0. The summed E-state index contributed by atoms with van der Waals surface area (Å²) in [6.07, 6.45) is 0.643. The summed E-state index contributed by atoms with van der Waals surface area (Å²) in [4.78, 5) is 11.4. The van der Waals surface area contributed by atoms with Gasteiger partial charge in [0, 0.05) is 27.2 Å². The lowest BCUT2D eigenvalue weighted by Gasteiger charge is -2.41. The van der Waals surface area contributed by atoms with Crippen LogP contribution in [0.4, 0.5) is 0 Å². The van der Waals surface area contributed by atoms with Crippen molar-refractivity contribution in [3.05, 3.63) is 0 Å². The molecule has 1 heterocycles. The van der Waals surface area contributed by atoms with Gasteiger partial charge in [-0.25, -0.2) is 0 Å². The zero-order valence-corrected chi connectivity index (χ0v) is 13.5. The molecule has 0 unspecified atom stereocenters. The molecule has 0 bridgehead atoms. The van der Waals surface area contributed by atoms with Crippen molar-refractivity contribution < 1.29 is 28.5 Å². The first-order chi connectivity index (χ1) is 10.1. The van der Waals surface area contributed by atoms with Crippen LogP contribution in [0.5, 0.6) is 0 Å². The fourth-order valence-corrected chi connectivity index (χ4v) is 2.39. The Morgan fingerprint density at radius 2 is 2.00 bits per heavy atom. The smallest absolute Gasteiger partial charge is 0.303 e. The first kappa shape index (κ1) is 18.4. The van der Waals surface area contributed by atoms with Gasteiger partial charge in [0.25, 0.3) is 0 Å². The summed E-state index contributed by atoms with van der Waals surface area (Å²) < 4.78 is 27.9. The second kappa shape index (κ2) is 10.1. The second-order valence-electron chi connectivity index (χ2n) is 5.08. The number of ether oxygens (including phenoxy) is 5. The van der Waals surface area contributed by atoms with Crippen LogP contribution in [-0.4, -0.2) is 63.9 Å².